The van der Waals surface area contributed by atoms with Gasteiger partial charge in [0.15, 0.2) is 5.69 Å². The Bertz CT molecular complexity index is 1030. The molecule has 3 N–H and O–H groups in total. The van der Waals surface area contributed by atoms with Crippen LogP contribution >= 0.6 is 0 Å². The molecule has 148 valence electrons. The zero-order valence-corrected chi connectivity index (χ0v) is 16.4. The van der Waals surface area contributed by atoms with Crippen LogP contribution in [-0.2, 0) is 10.0 Å². The van der Waals surface area contributed by atoms with Crippen molar-refractivity contribution in [2.75, 3.05) is 18.8 Å². The van der Waals surface area contributed by atoms with Crippen LogP contribution < -0.4 is 9.62 Å². The monoisotopic (exact) mass is 403 g/mol. The lowest BCUT2D eigenvalue weighted by Gasteiger charge is -2.34. The first-order valence-corrected chi connectivity index (χ1v) is 10.7. The smallest absolute Gasteiger partial charge is 0.306 e. The molecule has 2 unspecified atom stereocenters. The number of halogens is 1. The quantitative estimate of drug-likeness (QED) is 0.727. The summed E-state index contributed by atoms with van der Waals surface area (Å²) in [6, 6.07) is 12.6. The average Bonchev–Trinajstić information content (AvgIpc) is 2.73. The van der Waals surface area contributed by atoms with Gasteiger partial charge in [0.2, 0.25) is 0 Å². The van der Waals surface area contributed by atoms with E-state index in [0.29, 0.717) is 16.8 Å². The van der Waals surface area contributed by atoms with Gasteiger partial charge in [0.05, 0.1) is 5.75 Å². The topological polar surface area (TPSA) is 80.4 Å². The molecule has 0 aromatic heterocycles. The molecule has 7 heteroatoms. The maximum atomic E-state index is 14.1. The number of hydrogen-bond donors (Lipinski definition) is 2. The van der Waals surface area contributed by atoms with Crippen LogP contribution in [0, 0.1) is 5.82 Å². The lowest BCUT2D eigenvalue weighted by molar-refractivity contribution is 0.215. The Morgan fingerprint density at radius 2 is 1.96 bits per heavy atom. The van der Waals surface area contributed by atoms with E-state index >= 15 is 0 Å². The van der Waals surface area contributed by atoms with E-state index in [1.807, 2.05) is 6.08 Å². The van der Waals surface area contributed by atoms with Crippen molar-refractivity contribution in [2.24, 2.45) is 5.73 Å². The van der Waals surface area contributed by atoms with Crippen LogP contribution in [0.3, 0.4) is 0 Å². The summed E-state index contributed by atoms with van der Waals surface area (Å²) in [4.78, 5) is 0. The molecule has 1 heterocycles. The first-order valence-electron chi connectivity index (χ1n) is 9.06. The zero-order valence-electron chi connectivity index (χ0n) is 15.6. The lowest BCUT2D eigenvalue weighted by atomic mass is 10.00. The van der Waals surface area contributed by atoms with E-state index in [4.69, 9.17) is 5.73 Å². The molecule has 2 aromatic carbocycles. The Kier molecular flexibility index (Phi) is 5.81. The van der Waals surface area contributed by atoms with Crippen LogP contribution in [0.5, 0.6) is 0 Å². The maximum Gasteiger partial charge on any atom is 0.306 e. The Morgan fingerprint density at radius 1 is 1.21 bits per heavy atom. The summed E-state index contributed by atoms with van der Waals surface area (Å²) in [6.45, 7) is 2.04. The van der Waals surface area contributed by atoms with Crippen molar-refractivity contribution in [3.8, 4) is 0 Å². The first kappa shape index (κ1) is 20.4. The highest BCUT2D eigenvalue weighted by Crippen LogP contribution is 2.35. The molecule has 28 heavy (non-hydrogen) atoms. The fourth-order valence-corrected chi connectivity index (χ4v) is 4.92. The van der Waals surface area contributed by atoms with Crippen molar-refractivity contribution in [3.05, 3.63) is 89.4 Å². The van der Waals surface area contributed by atoms with Gasteiger partial charge in [-0.15, -0.1) is 0 Å². The molecule has 0 saturated carbocycles. The third kappa shape index (κ3) is 3.54. The van der Waals surface area contributed by atoms with E-state index in [0.717, 1.165) is 0 Å². The molecule has 0 spiro atoms. The first-order chi connectivity index (χ1) is 13.3. The second-order valence-electron chi connectivity index (χ2n) is 6.68. The molecule has 1 aliphatic heterocycles. The van der Waals surface area contributed by atoms with E-state index in [9.17, 15) is 17.9 Å². The summed E-state index contributed by atoms with van der Waals surface area (Å²) in [5, 5.41) is 10.7. The van der Waals surface area contributed by atoms with Crippen molar-refractivity contribution < 1.29 is 17.9 Å². The largest absolute Gasteiger partial charge is 0.384 e. The van der Waals surface area contributed by atoms with Gasteiger partial charge in [-0.1, -0.05) is 36.4 Å². The van der Waals surface area contributed by atoms with Crippen LogP contribution in [0.25, 0.3) is 0 Å². The van der Waals surface area contributed by atoms with Crippen LogP contribution in [-0.4, -0.2) is 32.4 Å². The number of hydrogen-bond acceptors (Lipinski definition) is 4. The predicted molar refractivity (Wildman–Crippen MR) is 109 cm³/mol. The summed E-state index contributed by atoms with van der Waals surface area (Å²) in [7, 11) is -3.60. The molecule has 0 radical (unpaired) electrons. The number of sulfonamides is 1. The van der Waals surface area contributed by atoms with Gasteiger partial charge in [0, 0.05) is 29.8 Å². The number of quaternary nitrogens is 1. The highest BCUT2D eigenvalue weighted by Gasteiger charge is 2.42. The highest BCUT2D eigenvalue weighted by atomic mass is 32.2. The van der Waals surface area contributed by atoms with E-state index in [1.54, 1.807) is 55.6 Å². The third-order valence-electron chi connectivity index (χ3n) is 5.00. The van der Waals surface area contributed by atoms with Crippen LogP contribution in [0.4, 0.5) is 10.1 Å². The van der Waals surface area contributed by atoms with Gasteiger partial charge in [-0.3, -0.25) is 0 Å². The average molecular weight is 403 g/mol. The molecule has 5 nitrogen and oxygen atoms in total. The van der Waals surface area contributed by atoms with Gasteiger partial charge >= 0.3 is 10.0 Å². The van der Waals surface area contributed by atoms with E-state index in [2.05, 4.69) is 0 Å². The van der Waals surface area contributed by atoms with E-state index in [1.165, 1.54) is 12.1 Å². The number of rotatable bonds is 6. The maximum absolute atomic E-state index is 14.1. The van der Waals surface area contributed by atoms with Crippen molar-refractivity contribution >= 4 is 15.7 Å². The summed E-state index contributed by atoms with van der Waals surface area (Å²) >= 11 is 0. The summed E-state index contributed by atoms with van der Waals surface area (Å²) < 4.78 is 39.8. The van der Waals surface area contributed by atoms with E-state index in [-0.39, 0.29) is 24.4 Å². The predicted octanol–water partition coefficient (Wildman–Crippen LogP) is 2.98. The minimum absolute atomic E-state index is 0.0602. The lowest BCUT2D eigenvalue weighted by Crippen LogP contribution is -2.51. The van der Waals surface area contributed by atoms with Gasteiger partial charge in [0.25, 0.3) is 0 Å². The summed E-state index contributed by atoms with van der Waals surface area (Å²) in [5.41, 5.74) is 7.50. The molecule has 0 saturated heterocycles. The number of aliphatic hydroxyl groups excluding tert-OH is 1. The van der Waals surface area contributed by atoms with Gasteiger partial charge < -0.3 is 10.8 Å². The standard InChI is InChI=1S/C21H24FN2O3S/c1-2-28(26,27)24(12-6-7-16(14-23)15-24)18-9-5-8-17(13-18)21(25)19-10-3-4-11-20(19)22/h3-11,13,15,21,25H,2,12,14,23H2,1H3/q+1. The summed E-state index contributed by atoms with van der Waals surface area (Å²) in [5.74, 6) is -0.577. The Morgan fingerprint density at radius 3 is 2.64 bits per heavy atom. The fourth-order valence-electron chi connectivity index (χ4n) is 3.42. The number of benzene rings is 2. The van der Waals surface area contributed by atoms with Gasteiger partial charge in [-0.2, -0.15) is 12.3 Å². The summed E-state index contributed by atoms with van der Waals surface area (Å²) in [6.07, 6.45) is 4.05. The molecular formula is C21H24FN2O3S+. The van der Waals surface area contributed by atoms with Crippen LogP contribution in [0.2, 0.25) is 0 Å². The molecular weight excluding hydrogens is 379 g/mol. The molecule has 0 amide bonds. The zero-order chi connectivity index (χ0) is 20.4. The van der Waals surface area contributed by atoms with Crippen molar-refractivity contribution in [3.63, 3.8) is 0 Å². The van der Waals surface area contributed by atoms with Gasteiger partial charge in [0.1, 0.15) is 24.7 Å². The number of nitrogens with zero attached hydrogens (tertiary/aromatic N) is 1. The minimum atomic E-state index is -3.60. The van der Waals surface area contributed by atoms with Crippen LogP contribution in [0.1, 0.15) is 24.2 Å². The second-order valence-corrected chi connectivity index (χ2v) is 9.07. The molecule has 0 fully saturated rings. The van der Waals surface area contributed by atoms with Gasteiger partial charge in [-0.25, -0.2) is 4.39 Å². The highest BCUT2D eigenvalue weighted by molar-refractivity contribution is 7.91. The van der Waals surface area contributed by atoms with Crippen LogP contribution in [0.15, 0.2) is 72.5 Å². The normalized spacial score (nSPS) is 20.6. The molecule has 1 aliphatic rings. The number of nitrogens with two attached hydrogens (primary N) is 1. The molecule has 3 rings (SSSR count). The molecule has 0 bridgehead atoms. The third-order valence-corrected chi connectivity index (χ3v) is 7.19. The minimum Gasteiger partial charge on any atom is -0.384 e. The molecule has 2 atom stereocenters. The molecule has 2 aromatic rings. The van der Waals surface area contributed by atoms with Gasteiger partial charge in [-0.05, 0) is 24.6 Å². The second kappa shape index (κ2) is 7.97. The van der Waals surface area contributed by atoms with Crippen molar-refractivity contribution in [1.29, 1.82) is 0 Å². The Hall–Kier alpha value is -2.32. The van der Waals surface area contributed by atoms with E-state index < -0.39 is 25.8 Å². The number of aliphatic hydroxyl groups is 1. The van der Waals surface area contributed by atoms with Crippen molar-refractivity contribution in [1.82, 2.24) is 3.89 Å². The fraction of sp³-hybridized carbons (Fsp3) is 0.238. The SMILES string of the molecule is CCS(=O)(=O)[N+]1(c2cccc(C(O)c3ccccc3F)c2)C=C(CN)C=CC1. The molecule has 0 aliphatic carbocycles. The van der Waals surface area contributed by atoms with Crippen molar-refractivity contribution in [2.45, 2.75) is 13.0 Å². The Labute approximate surface area is 164 Å². The Balaban J connectivity index is 2.14.